The molecule has 6 heteroatoms. The van der Waals surface area contributed by atoms with Crippen molar-refractivity contribution in [2.75, 3.05) is 26.2 Å². The molecule has 0 aliphatic carbocycles. The maximum Gasteiger partial charge on any atom is 0.406 e. The average molecular weight is 238 g/mol. The second kappa shape index (κ2) is 4.24. The number of carbonyl (C=O) groups is 1. The van der Waals surface area contributed by atoms with Crippen molar-refractivity contribution in [3.05, 3.63) is 0 Å². The lowest BCUT2D eigenvalue weighted by Crippen LogP contribution is -2.57. The van der Waals surface area contributed by atoms with Crippen molar-refractivity contribution in [1.29, 1.82) is 0 Å². The number of halogens is 3. The molecule has 1 heterocycles. The molecule has 1 fully saturated rings. The van der Waals surface area contributed by atoms with Gasteiger partial charge in [-0.25, -0.2) is 0 Å². The molecule has 1 aliphatic heterocycles. The van der Waals surface area contributed by atoms with E-state index in [9.17, 15) is 18.0 Å². The molecule has 1 amide bonds. The first kappa shape index (κ1) is 13.3. The summed E-state index contributed by atoms with van der Waals surface area (Å²) in [5.74, 6) is -0.446. The van der Waals surface area contributed by atoms with E-state index in [1.807, 2.05) is 25.7 Å². The minimum atomic E-state index is -4.31. The van der Waals surface area contributed by atoms with Crippen LogP contribution in [0.2, 0.25) is 0 Å². The highest BCUT2D eigenvalue weighted by atomic mass is 19.4. The monoisotopic (exact) mass is 238 g/mol. The van der Waals surface area contributed by atoms with Gasteiger partial charge in [-0.05, 0) is 20.8 Å². The molecule has 16 heavy (non-hydrogen) atoms. The predicted octanol–water partition coefficient (Wildman–Crippen LogP) is 1.49. The molecule has 0 spiro atoms. The minimum Gasteiger partial charge on any atom is -0.331 e. The number of carbonyl (C=O) groups excluding carboxylic acids is 1. The summed E-state index contributed by atoms with van der Waals surface area (Å²) in [6.07, 6.45) is -4.31. The van der Waals surface area contributed by atoms with Gasteiger partial charge in [0.1, 0.15) is 6.54 Å². The Balaban J connectivity index is 2.57. The molecule has 3 nitrogen and oxygen atoms in total. The quantitative estimate of drug-likeness (QED) is 0.691. The van der Waals surface area contributed by atoms with Gasteiger partial charge in [-0.3, -0.25) is 9.69 Å². The number of amides is 1. The molecule has 0 bridgehead atoms. The highest BCUT2D eigenvalue weighted by molar-refractivity contribution is 5.79. The molecule has 94 valence electrons. The number of nitrogens with zero attached hydrogens (tertiary/aromatic N) is 2. The molecule has 1 aliphatic rings. The summed E-state index contributed by atoms with van der Waals surface area (Å²) in [4.78, 5) is 14.3. The van der Waals surface area contributed by atoms with Crippen molar-refractivity contribution >= 4 is 5.91 Å². The van der Waals surface area contributed by atoms with Crippen LogP contribution in [0.1, 0.15) is 20.8 Å². The molecule has 1 saturated heterocycles. The summed E-state index contributed by atoms with van der Waals surface area (Å²) in [6, 6.07) is 0. The molecule has 0 unspecified atom stereocenters. The molecule has 0 aromatic rings. The third-order valence-corrected chi connectivity index (χ3v) is 2.64. The van der Waals surface area contributed by atoms with Crippen molar-refractivity contribution < 1.29 is 18.0 Å². The molecular formula is C10H17F3N2O. The van der Waals surface area contributed by atoms with E-state index >= 15 is 0 Å². The SMILES string of the molecule is CC(C)(C)N1CCN(CC(F)(F)F)C(=O)C1. The van der Waals surface area contributed by atoms with Crippen LogP contribution in [0, 0.1) is 0 Å². The van der Waals surface area contributed by atoms with E-state index in [1.165, 1.54) is 0 Å². The summed E-state index contributed by atoms with van der Waals surface area (Å²) < 4.78 is 36.4. The second-order valence-corrected chi connectivity index (χ2v) is 5.02. The van der Waals surface area contributed by atoms with Crippen molar-refractivity contribution in [2.24, 2.45) is 0 Å². The topological polar surface area (TPSA) is 23.6 Å². The number of piperazine rings is 1. The fourth-order valence-corrected chi connectivity index (χ4v) is 1.66. The molecule has 0 aromatic carbocycles. The van der Waals surface area contributed by atoms with E-state index in [0.29, 0.717) is 6.54 Å². The zero-order valence-corrected chi connectivity index (χ0v) is 9.76. The van der Waals surface area contributed by atoms with Gasteiger partial charge in [0.2, 0.25) is 5.91 Å². The zero-order valence-electron chi connectivity index (χ0n) is 9.76. The van der Waals surface area contributed by atoms with Crippen molar-refractivity contribution in [1.82, 2.24) is 9.80 Å². The van der Waals surface area contributed by atoms with Gasteiger partial charge in [-0.15, -0.1) is 0 Å². The molecular weight excluding hydrogens is 221 g/mol. The van der Waals surface area contributed by atoms with E-state index in [0.717, 1.165) is 4.90 Å². The Kier molecular flexibility index (Phi) is 3.52. The van der Waals surface area contributed by atoms with Gasteiger partial charge in [0, 0.05) is 18.6 Å². The number of hydrogen-bond donors (Lipinski definition) is 0. The third-order valence-electron chi connectivity index (χ3n) is 2.64. The Morgan fingerprint density at radius 2 is 1.75 bits per heavy atom. The Morgan fingerprint density at radius 3 is 2.12 bits per heavy atom. The fraction of sp³-hybridized carbons (Fsp3) is 0.900. The van der Waals surface area contributed by atoms with Crippen LogP contribution in [0.25, 0.3) is 0 Å². The van der Waals surface area contributed by atoms with Gasteiger partial charge in [0.05, 0.1) is 6.54 Å². The molecule has 0 aromatic heterocycles. The van der Waals surface area contributed by atoms with E-state index in [-0.39, 0.29) is 18.6 Å². The molecule has 0 N–H and O–H groups in total. The zero-order chi connectivity index (χ0) is 12.6. The third kappa shape index (κ3) is 3.66. The first-order valence-corrected chi connectivity index (χ1v) is 5.19. The highest BCUT2D eigenvalue weighted by Gasteiger charge is 2.37. The maximum atomic E-state index is 12.1. The van der Waals surface area contributed by atoms with E-state index in [2.05, 4.69) is 0 Å². The van der Waals surface area contributed by atoms with Crippen LogP contribution in [0.3, 0.4) is 0 Å². The van der Waals surface area contributed by atoms with Gasteiger partial charge in [-0.1, -0.05) is 0 Å². The van der Waals surface area contributed by atoms with Crippen LogP contribution < -0.4 is 0 Å². The van der Waals surface area contributed by atoms with Crippen molar-refractivity contribution in [3.63, 3.8) is 0 Å². The number of alkyl halides is 3. The van der Waals surface area contributed by atoms with Crippen LogP contribution in [0.5, 0.6) is 0 Å². The smallest absolute Gasteiger partial charge is 0.331 e. The van der Waals surface area contributed by atoms with Gasteiger partial charge >= 0.3 is 6.18 Å². The number of hydrogen-bond acceptors (Lipinski definition) is 2. The standard InChI is InChI=1S/C10H17F3N2O/c1-9(2,3)15-5-4-14(8(16)6-15)7-10(11,12)13/h4-7H2,1-3H3. The fourth-order valence-electron chi connectivity index (χ4n) is 1.66. The summed E-state index contributed by atoms with van der Waals surface area (Å²) in [5.41, 5.74) is -0.181. The Bertz CT molecular complexity index is 270. The lowest BCUT2D eigenvalue weighted by Gasteiger charge is -2.41. The molecule has 0 radical (unpaired) electrons. The van der Waals surface area contributed by atoms with Gasteiger partial charge in [0.15, 0.2) is 0 Å². The number of rotatable bonds is 1. The predicted molar refractivity (Wildman–Crippen MR) is 54.0 cm³/mol. The van der Waals surface area contributed by atoms with Crippen LogP contribution in [-0.4, -0.2) is 53.6 Å². The first-order valence-electron chi connectivity index (χ1n) is 5.19. The minimum absolute atomic E-state index is 0.0690. The Morgan fingerprint density at radius 1 is 1.19 bits per heavy atom. The van der Waals surface area contributed by atoms with E-state index in [1.54, 1.807) is 0 Å². The van der Waals surface area contributed by atoms with Crippen LogP contribution in [0.4, 0.5) is 13.2 Å². The maximum absolute atomic E-state index is 12.1. The lowest BCUT2D eigenvalue weighted by molar-refractivity contribution is -0.167. The normalized spacial score (nSPS) is 20.4. The van der Waals surface area contributed by atoms with Crippen LogP contribution >= 0.6 is 0 Å². The Hall–Kier alpha value is -0.780. The van der Waals surface area contributed by atoms with E-state index < -0.39 is 18.6 Å². The molecule has 0 saturated carbocycles. The summed E-state index contributed by atoms with van der Waals surface area (Å²) >= 11 is 0. The van der Waals surface area contributed by atoms with Crippen molar-refractivity contribution in [3.8, 4) is 0 Å². The summed E-state index contributed by atoms with van der Waals surface area (Å²) in [5, 5.41) is 0. The molecule has 1 rings (SSSR count). The first-order chi connectivity index (χ1) is 7.09. The highest BCUT2D eigenvalue weighted by Crippen LogP contribution is 2.20. The van der Waals surface area contributed by atoms with Gasteiger partial charge in [-0.2, -0.15) is 13.2 Å². The largest absolute Gasteiger partial charge is 0.406 e. The van der Waals surface area contributed by atoms with Crippen LogP contribution in [0.15, 0.2) is 0 Å². The second-order valence-electron chi connectivity index (χ2n) is 5.02. The van der Waals surface area contributed by atoms with Gasteiger partial charge < -0.3 is 4.90 Å². The van der Waals surface area contributed by atoms with Crippen molar-refractivity contribution in [2.45, 2.75) is 32.5 Å². The van der Waals surface area contributed by atoms with E-state index in [4.69, 9.17) is 0 Å². The summed E-state index contributed by atoms with van der Waals surface area (Å²) in [6.45, 7) is 5.41. The van der Waals surface area contributed by atoms with Crippen LogP contribution in [-0.2, 0) is 4.79 Å². The average Bonchev–Trinajstić information content (AvgIpc) is 2.04. The summed E-state index contributed by atoms with van der Waals surface area (Å²) in [7, 11) is 0. The van der Waals surface area contributed by atoms with Gasteiger partial charge in [0.25, 0.3) is 0 Å². The Labute approximate surface area is 93.2 Å². The molecule has 0 atom stereocenters. The lowest BCUT2D eigenvalue weighted by atomic mass is 10.0.